The smallest absolute Gasteiger partial charge is 0.364 e. The molecule has 3 fully saturated rings. The predicted molar refractivity (Wildman–Crippen MR) is 163 cm³/mol. The molecular weight excluding hydrogens is 581 g/mol. The second-order valence-electron chi connectivity index (χ2n) is 13.8. The third-order valence-electron chi connectivity index (χ3n) is 10.7. The van der Waals surface area contributed by atoms with Crippen LogP contribution >= 0.6 is 0 Å². The summed E-state index contributed by atoms with van der Waals surface area (Å²) in [6, 6.07) is 10.2. The molecule has 3 aromatic rings. The fraction of sp³-hybridized carbons (Fsp3) is 0.457. The number of carbonyl (C=O) groups excluding carboxylic acids is 2. The predicted octanol–water partition coefficient (Wildman–Crippen LogP) is 6.66. The molecule has 7 rings (SSSR count). The molecule has 2 saturated heterocycles. The number of hydrogen-bond donors (Lipinski definition) is 0. The summed E-state index contributed by atoms with van der Waals surface area (Å²) >= 11 is 0. The lowest BCUT2D eigenvalue weighted by atomic mass is 9.57. The molecule has 2 aromatic carbocycles. The van der Waals surface area contributed by atoms with Gasteiger partial charge in [0.1, 0.15) is 6.26 Å². The highest BCUT2D eigenvalue weighted by molar-refractivity contribution is 6.10. The van der Waals surface area contributed by atoms with E-state index in [4.69, 9.17) is 4.52 Å². The number of nitrogens with zero attached hydrogens (tertiary/aromatic N) is 4. The van der Waals surface area contributed by atoms with E-state index in [0.29, 0.717) is 43.3 Å². The summed E-state index contributed by atoms with van der Waals surface area (Å²) in [5, 5.41) is 4.32. The first-order chi connectivity index (χ1) is 21.3. The van der Waals surface area contributed by atoms with Crippen molar-refractivity contribution in [1.82, 2.24) is 15.0 Å². The van der Waals surface area contributed by atoms with Gasteiger partial charge in [0.05, 0.1) is 17.8 Å². The van der Waals surface area contributed by atoms with Gasteiger partial charge in [-0.15, -0.1) is 0 Å². The van der Waals surface area contributed by atoms with Gasteiger partial charge in [0.25, 0.3) is 5.91 Å². The number of aryl methyl sites for hydroxylation is 1. The van der Waals surface area contributed by atoms with Crippen molar-refractivity contribution in [2.45, 2.75) is 64.2 Å². The van der Waals surface area contributed by atoms with Crippen LogP contribution in [0.25, 0.3) is 0 Å². The number of carbonyl (C=O) groups is 2. The number of benzene rings is 2. The van der Waals surface area contributed by atoms with Gasteiger partial charge in [-0.05, 0) is 92.6 Å². The number of aromatic nitrogens is 1. The standard InChI is InChI=1S/C35H37F3N4O3/c1-5-30(43)41-19-33(20-41)9-10-40(18-33)23(4)24-11-27-28(29(12-24)35(36,37)38)16-42(32(27)44)26-8-6-7-25(13-26)34(14-21(2)15-34)31-22(3)17-45-39-31/h5-8,11-13,17,21,23H,1,9-10,14-16,18-20H2,2-4H3/t21?,23-,34?/m1/s1. The highest BCUT2D eigenvalue weighted by Gasteiger charge is 2.51. The van der Waals surface area contributed by atoms with Gasteiger partial charge >= 0.3 is 6.18 Å². The lowest BCUT2D eigenvalue weighted by Crippen LogP contribution is -2.59. The van der Waals surface area contributed by atoms with Gasteiger partial charge in [-0.25, -0.2) is 0 Å². The number of halogens is 3. The molecule has 1 aliphatic carbocycles. The van der Waals surface area contributed by atoms with E-state index in [-0.39, 0.29) is 40.5 Å². The Morgan fingerprint density at radius 3 is 2.58 bits per heavy atom. The van der Waals surface area contributed by atoms with Gasteiger partial charge in [0, 0.05) is 53.3 Å². The topological polar surface area (TPSA) is 69.9 Å². The van der Waals surface area contributed by atoms with Gasteiger partial charge in [-0.1, -0.05) is 30.8 Å². The number of hydrogen-bond acceptors (Lipinski definition) is 5. The molecule has 3 aliphatic heterocycles. The molecule has 7 nitrogen and oxygen atoms in total. The van der Waals surface area contributed by atoms with Gasteiger partial charge < -0.3 is 14.3 Å². The minimum Gasteiger partial charge on any atom is -0.364 e. The number of likely N-dealkylation sites (tertiary alicyclic amines) is 2. The number of amides is 2. The SMILES string of the molecule is C=CC(=O)N1CC2(CCN([C@H](C)c3cc4c(c(C(F)(F)F)c3)CN(c3cccc(C5(c6nocc6C)CC(C)C5)c3)C4=O)C2)C1. The molecule has 0 unspecified atom stereocenters. The second-order valence-corrected chi connectivity index (χ2v) is 13.8. The summed E-state index contributed by atoms with van der Waals surface area (Å²) < 4.78 is 49.0. The Bertz CT molecular complexity index is 1700. The van der Waals surface area contributed by atoms with Gasteiger partial charge in [0.2, 0.25) is 5.91 Å². The van der Waals surface area contributed by atoms with Crippen LogP contribution in [0.5, 0.6) is 0 Å². The number of rotatable bonds is 6. The summed E-state index contributed by atoms with van der Waals surface area (Å²) in [5.41, 5.74) is 2.83. The Morgan fingerprint density at radius 1 is 1.18 bits per heavy atom. The maximum Gasteiger partial charge on any atom is 0.416 e. The quantitative estimate of drug-likeness (QED) is 0.289. The maximum absolute atomic E-state index is 14.6. The molecule has 1 spiro atoms. The molecule has 0 radical (unpaired) electrons. The van der Waals surface area contributed by atoms with E-state index < -0.39 is 17.6 Å². The molecule has 1 saturated carbocycles. The van der Waals surface area contributed by atoms with Crippen molar-refractivity contribution in [3.63, 3.8) is 0 Å². The van der Waals surface area contributed by atoms with E-state index in [1.807, 2.05) is 32.0 Å². The number of alkyl halides is 3. The highest BCUT2D eigenvalue weighted by atomic mass is 19.4. The van der Waals surface area contributed by atoms with E-state index in [0.717, 1.165) is 36.1 Å². The van der Waals surface area contributed by atoms with E-state index in [9.17, 15) is 22.8 Å². The molecular formula is C35H37F3N4O3. The zero-order valence-corrected chi connectivity index (χ0v) is 25.8. The molecule has 2 amide bonds. The Labute approximate surface area is 260 Å². The summed E-state index contributed by atoms with van der Waals surface area (Å²) in [6.07, 6.45) is 0.947. The first-order valence-electron chi connectivity index (χ1n) is 15.6. The number of fused-ring (bicyclic) bond motifs is 1. The van der Waals surface area contributed by atoms with Crippen LogP contribution in [0.15, 0.2) is 59.8 Å². The summed E-state index contributed by atoms with van der Waals surface area (Å²) in [4.78, 5) is 31.3. The van der Waals surface area contributed by atoms with Crippen molar-refractivity contribution < 1.29 is 27.3 Å². The van der Waals surface area contributed by atoms with Crippen LogP contribution in [0, 0.1) is 18.3 Å². The average molecular weight is 619 g/mol. The molecule has 10 heteroatoms. The van der Waals surface area contributed by atoms with Crippen LogP contribution in [0.4, 0.5) is 18.9 Å². The number of anilines is 1. The molecule has 4 aliphatic rings. The summed E-state index contributed by atoms with van der Waals surface area (Å²) in [5.74, 6) is -0.0359. The van der Waals surface area contributed by atoms with Crippen LogP contribution in [0.2, 0.25) is 0 Å². The van der Waals surface area contributed by atoms with Crippen LogP contribution in [0.1, 0.15) is 83.0 Å². The van der Waals surface area contributed by atoms with Crippen LogP contribution < -0.4 is 4.90 Å². The van der Waals surface area contributed by atoms with Crippen molar-refractivity contribution in [2.75, 3.05) is 31.1 Å². The van der Waals surface area contributed by atoms with Crippen molar-refractivity contribution >= 4 is 17.5 Å². The van der Waals surface area contributed by atoms with Gasteiger partial charge in [-0.2, -0.15) is 13.2 Å². The Hall–Kier alpha value is -3.92. The largest absolute Gasteiger partial charge is 0.416 e. The van der Waals surface area contributed by atoms with E-state index in [2.05, 4.69) is 23.6 Å². The first-order valence-corrected chi connectivity index (χ1v) is 15.6. The van der Waals surface area contributed by atoms with Crippen molar-refractivity contribution in [2.24, 2.45) is 11.3 Å². The first kappa shape index (κ1) is 29.8. The molecule has 0 bridgehead atoms. The Morgan fingerprint density at radius 2 is 1.93 bits per heavy atom. The van der Waals surface area contributed by atoms with E-state index in [1.54, 1.807) is 23.3 Å². The average Bonchev–Trinajstić information content (AvgIpc) is 3.70. The molecule has 1 atom stereocenters. The lowest BCUT2D eigenvalue weighted by molar-refractivity contribution is -0.138. The zero-order valence-electron chi connectivity index (χ0n) is 25.8. The maximum atomic E-state index is 14.6. The third kappa shape index (κ3) is 4.71. The third-order valence-corrected chi connectivity index (χ3v) is 10.7. The van der Waals surface area contributed by atoms with Crippen molar-refractivity contribution in [3.05, 3.63) is 94.4 Å². The van der Waals surface area contributed by atoms with Crippen molar-refractivity contribution in [3.8, 4) is 0 Å². The lowest BCUT2D eigenvalue weighted by Gasteiger charge is -2.48. The summed E-state index contributed by atoms with van der Waals surface area (Å²) in [7, 11) is 0. The van der Waals surface area contributed by atoms with Crippen LogP contribution in [-0.4, -0.2) is 52.9 Å². The van der Waals surface area contributed by atoms with Crippen LogP contribution in [-0.2, 0) is 22.9 Å². The zero-order chi connectivity index (χ0) is 31.9. The Kier molecular flexibility index (Phi) is 6.82. The minimum atomic E-state index is -4.61. The van der Waals surface area contributed by atoms with E-state index in [1.165, 1.54) is 17.0 Å². The highest BCUT2D eigenvalue weighted by Crippen LogP contribution is 2.53. The van der Waals surface area contributed by atoms with Gasteiger partial charge in [-0.3, -0.25) is 14.5 Å². The monoisotopic (exact) mass is 618 g/mol. The molecule has 4 heterocycles. The van der Waals surface area contributed by atoms with Crippen molar-refractivity contribution in [1.29, 1.82) is 0 Å². The van der Waals surface area contributed by atoms with Crippen LogP contribution in [0.3, 0.4) is 0 Å². The Balaban J connectivity index is 1.18. The molecule has 0 N–H and O–H groups in total. The normalized spacial score (nSPS) is 24.8. The van der Waals surface area contributed by atoms with E-state index >= 15 is 0 Å². The fourth-order valence-electron chi connectivity index (χ4n) is 8.37. The molecule has 45 heavy (non-hydrogen) atoms. The fourth-order valence-corrected chi connectivity index (χ4v) is 8.37. The van der Waals surface area contributed by atoms with Gasteiger partial charge in [0.15, 0.2) is 0 Å². The molecule has 236 valence electrons. The second kappa shape index (κ2) is 10.3. The minimum absolute atomic E-state index is 0.0173. The summed E-state index contributed by atoms with van der Waals surface area (Å²) in [6.45, 7) is 12.1. The molecule has 1 aromatic heterocycles.